The molecule has 0 radical (unpaired) electrons. The SMILES string of the molecule is CC(C)=CCC/C(C)=C/C(=O)C(C)(O)CC(C)CCCC(C)C. The van der Waals surface area contributed by atoms with Crippen LogP contribution in [0.4, 0.5) is 0 Å². The van der Waals surface area contributed by atoms with E-state index in [1.807, 2.05) is 6.92 Å². The van der Waals surface area contributed by atoms with Gasteiger partial charge in [0, 0.05) is 0 Å². The predicted molar refractivity (Wildman–Crippen MR) is 101 cm³/mol. The molecule has 0 aromatic heterocycles. The molecule has 0 bridgehead atoms. The summed E-state index contributed by atoms with van der Waals surface area (Å²) in [7, 11) is 0. The Morgan fingerprint density at radius 3 is 2.26 bits per heavy atom. The third-order valence-electron chi connectivity index (χ3n) is 4.22. The van der Waals surface area contributed by atoms with Crippen molar-refractivity contribution in [2.45, 2.75) is 92.6 Å². The third-order valence-corrected chi connectivity index (χ3v) is 4.22. The molecule has 0 amide bonds. The topological polar surface area (TPSA) is 37.3 Å². The molecule has 0 aliphatic heterocycles. The molecule has 0 aliphatic carbocycles. The molecule has 0 aromatic carbocycles. The Labute approximate surface area is 144 Å². The van der Waals surface area contributed by atoms with E-state index in [4.69, 9.17) is 0 Å². The first-order chi connectivity index (χ1) is 10.5. The molecule has 0 rings (SSSR count). The molecule has 0 aromatic rings. The molecular formula is C21H38O2. The normalized spacial score (nSPS) is 16.1. The number of hydrogen-bond donors (Lipinski definition) is 1. The zero-order valence-corrected chi connectivity index (χ0v) is 16.4. The van der Waals surface area contributed by atoms with Crippen LogP contribution in [0, 0.1) is 11.8 Å². The van der Waals surface area contributed by atoms with Crippen LogP contribution in [0.2, 0.25) is 0 Å². The fourth-order valence-corrected chi connectivity index (χ4v) is 2.80. The van der Waals surface area contributed by atoms with Gasteiger partial charge in [0.2, 0.25) is 0 Å². The molecule has 0 spiro atoms. The van der Waals surface area contributed by atoms with E-state index < -0.39 is 5.60 Å². The lowest BCUT2D eigenvalue weighted by Crippen LogP contribution is -2.35. The van der Waals surface area contributed by atoms with Gasteiger partial charge >= 0.3 is 0 Å². The summed E-state index contributed by atoms with van der Waals surface area (Å²) in [5.41, 5.74) is 1.10. The molecular weight excluding hydrogens is 284 g/mol. The Morgan fingerprint density at radius 2 is 1.74 bits per heavy atom. The molecule has 0 aliphatic rings. The zero-order chi connectivity index (χ0) is 18.0. The first-order valence-electron chi connectivity index (χ1n) is 9.12. The highest BCUT2D eigenvalue weighted by Gasteiger charge is 2.30. The molecule has 2 heteroatoms. The van der Waals surface area contributed by atoms with Gasteiger partial charge in [0.05, 0.1) is 0 Å². The molecule has 134 valence electrons. The van der Waals surface area contributed by atoms with Crippen molar-refractivity contribution in [1.82, 2.24) is 0 Å². The van der Waals surface area contributed by atoms with Crippen molar-refractivity contribution in [3.05, 3.63) is 23.3 Å². The van der Waals surface area contributed by atoms with Crippen molar-refractivity contribution in [2.24, 2.45) is 11.8 Å². The second kappa shape index (κ2) is 10.8. The van der Waals surface area contributed by atoms with Gasteiger partial charge in [0.25, 0.3) is 0 Å². The van der Waals surface area contributed by atoms with Gasteiger partial charge in [-0.05, 0) is 64.9 Å². The average molecular weight is 323 g/mol. The maximum Gasteiger partial charge on any atom is 0.186 e. The van der Waals surface area contributed by atoms with Gasteiger partial charge in [0.15, 0.2) is 5.78 Å². The van der Waals surface area contributed by atoms with Crippen LogP contribution in [0.15, 0.2) is 23.3 Å². The van der Waals surface area contributed by atoms with Crippen molar-refractivity contribution >= 4 is 5.78 Å². The van der Waals surface area contributed by atoms with E-state index in [0.717, 1.165) is 30.8 Å². The predicted octanol–water partition coefficient (Wildman–Crippen LogP) is 5.85. The summed E-state index contributed by atoms with van der Waals surface area (Å²) in [4.78, 5) is 12.3. The average Bonchev–Trinajstić information content (AvgIpc) is 2.36. The molecule has 0 fully saturated rings. The fourth-order valence-electron chi connectivity index (χ4n) is 2.80. The molecule has 0 heterocycles. The highest BCUT2D eigenvalue weighted by Crippen LogP contribution is 2.24. The first kappa shape index (κ1) is 22.1. The number of hydrogen-bond acceptors (Lipinski definition) is 2. The number of carbonyl (C=O) groups is 1. The van der Waals surface area contributed by atoms with E-state index in [1.165, 1.54) is 18.4 Å². The van der Waals surface area contributed by atoms with E-state index in [1.54, 1.807) is 13.0 Å². The highest BCUT2D eigenvalue weighted by atomic mass is 16.3. The second-order valence-corrected chi connectivity index (χ2v) is 8.08. The van der Waals surface area contributed by atoms with E-state index in [9.17, 15) is 9.90 Å². The summed E-state index contributed by atoms with van der Waals surface area (Å²) < 4.78 is 0. The quantitative estimate of drug-likeness (QED) is 0.382. The zero-order valence-electron chi connectivity index (χ0n) is 16.4. The Morgan fingerprint density at radius 1 is 1.13 bits per heavy atom. The molecule has 1 N–H and O–H groups in total. The maximum atomic E-state index is 12.3. The van der Waals surface area contributed by atoms with Crippen LogP contribution in [0.1, 0.15) is 87.0 Å². The van der Waals surface area contributed by atoms with E-state index in [0.29, 0.717) is 12.3 Å². The maximum absolute atomic E-state index is 12.3. The van der Waals surface area contributed by atoms with Gasteiger partial charge in [-0.3, -0.25) is 4.79 Å². The van der Waals surface area contributed by atoms with Crippen molar-refractivity contribution in [1.29, 1.82) is 0 Å². The van der Waals surface area contributed by atoms with Crippen molar-refractivity contribution < 1.29 is 9.90 Å². The van der Waals surface area contributed by atoms with Gasteiger partial charge in [-0.2, -0.15) is 0 Å². The number of rotatable bonds is 11. The first-order valence-corrected chi connectivity index (χ1v) is 9.12. The summed E-state index contributed by atoms with van der Waals surface area (Å²) in [6.07, 6.45) is 9.64. The Hall–Kier alpha value is -0.890. The largest absolute Gasteiger partial charge is 0.382 e. The highest BCUT2D eigenvalue weighted by molar-refractivity contribution is 5.96. The van der Waals surface area contributed by atoms with Crippen LogP contribution in [-0.2, 0) is 4.79 Å². The van der Waals surface area contributed by atoms with Crippen LogP contribution >= 0.6 is 0 Å². The number of carbonyl (C=O) groups excluding carboxylic acids is 1. The monoisotopic (exact) mass is 322 g/mol. The number of aliphatic hydroxyl groups is 1. The Balaban J connectivity index is 4.44. The van der Waals surface area contributed by atoms with Crippen molar-refractivity contribution in [2.75, 3.05) is 0 Å². The minimum Gasteiger partial charge on any atom is -0.382 e. The van der Waals surface area contributed by atoms with Crippen LogP contribution in [0.25, 0.3) is 0 Å². The van der Waals surface area contributed by atoms with Gasteiger partial charge in [-0.25, -0.2) is 0 Å². The smallest absolute Gasteiger partial charge is 0.186 e. The van der Waals surface area contributed by atoms with Crippen LogP contribution < -0.4 is 0 Å². The lowest BCUT2D eigenvalue weighted by atomic mass is 9.85. The summed E-state index contributed by atoms with van der Waals surface area (Å²) in [6.45, 7) is 14.4. The van der Waals surface area contributed by atoms with E-state index in [2.05, 4.69) is 40.7 Å². The van der Waals surface area contributed by atoms with Crippen molar-refractivity contribution in [3.8, 4) is 0 Å². The molecule has 23 heavy (non-hydrogen) atoms. The van der Waals surface area contributed by atoms with Crippen LogP contribution in [0.3, 0.4) is 0 Å². The van der Waals surface area contributed by atoms with E-state index in [-0.39, 0.29) is 5.78 Å². The molecule has 2 atom stereocenters. The fraction of sp³-hybridized carbons (Fsp3) is 0.762. The summed E-state index contributed by atoms with van der Waals surface area (Å²) in [6, 6.07) is 0. The summed E-state index contributed by atoms with van der Waals surface area (Å²) >= 11 is 0. The van der Waals surface area contributed by atoms with Gasteiger partial charge in [0.1, 0.15) is 5.60 Å². The standard InChI is InChI=1S/C21H38O2/c1-16(2)10-8-12-18(5)14-20(22)21(7,23)15-19(6)13-9-11-17(3)4/h10,14,17,19,23H,8-9,11-13,15H2,1-7H3/b18-14+. The van der Waals surface area contributed by atoms with E-state index >= 15 is 0 Å². The minimum atomic E-state index is -1.24. The Kier molecular flexibility index (Phi) is 10.4. The molecule has 0 saturated heterocycles. The summed E-state index contributed by atoms with van der Waals surface area (Å²) in [5.74, 6) is 0.936. The van der Waals surface area contributed by atoms with Crippen LogP contribution in [0.5, 0.6) is 0 Å². The molecule has 2 nitrogen and oxygen atoms in total. The third kappa shape index (κ3) is 11.3. The second-order valence-electron chi connectivity index (χ2n) is 8.08. The van der Waals surface area contributed by atoms with Gasteiger partial charge < -0.3 is 5.11 Å². The molecule has 0 saturated carbocycles. The number of allylic oxidation sites excluding steroid dienone is 3. The minimum absolute atomic E-state index is 0.150. The molecule has 2 unspecified atom stereocenters. The number of ketones is 1. The lowest BCUT2D eigenvalue weighted by Gasteiger charge is -2.24. The van der Waals surface area contributed by atoms with Gasteiger partial charge in [-0.15, -0.1) is 0 Å². The van der Waals surface area contributed by atoms with Crippen molar-refractivity contribution in [3.63, 3.8) is 0 Å². The van der Waals surface area contributed by atoms with Crippen LogP contribution in [-0.4, -0.2) is 16.5 Å². The Bertz CT molecular complexity index is 410. The lowest BCUT2D eigenvalue weighted by molar-refractivity contribution is -0.132. The summed E-state index contributed by atoms with van der Waals surface area (Å²) in [5, 5.41) is 10.5. The van der Waals surface area contributed by atoms with Gasteiger partial charge in [-0.1, -0.05) is 57.3 Å².